The van der Waals surface area contributed by atoms with Crippen LogP contribution in [-0.4, -0.2) is 22.3 Å². The largest absolute Gasteiger partial charge is 0.496 e. The van der Waals surface area contributed by atoms with Crippen LogP contribution in [-0.2, 0) is 5.75 Å². The molecule has 0 aliphatic carbocycles. The van der Waals surface area contributed by atoms with Crippen molar-refractivity contribution in [2.75, 3.05) is 7.11 Å². The average molecular weight is 322 g/mol. The summed E-state index contributed by atoms with van der Waals surface area (Å²) in [6, 6.07) is 17.4. The van der Waals surface area contributed by atoms with Gasteiger partial charge in [-0.3, -0.25) is 5.10 Å². The maximum absolute atomic E-state index is 9.12. The minimum absolute atomic E-state index is 0.638. The summed E-state index contributed by atoms with van der Waals surface area (Å²) in [4.78, 5) is 4.49. The van der Waals surface area contributed by atoms with Gasteiger partial charge in [0.2, 0.25) is 5.16 Å². The Morgan fingerprint density at radius 1 is 1.17 bits per heavy atom. The number of thioether (sulfide) groups is 1. The first-order chi connectivity index (χ1) is 11.3. The average Bonchev–Trinajstić information content (AvgIpc) is 3.09. The van der Waals surface area contributed by atoms with E-state index in [1.807, 2.05) is 48.5 Å². The normalized spacial score (nSPS) is 10.3. The van der Waals surface area contributed by atoms with Crippen molar-refractivity contribution < 1.29 is 4.74 Å². The smallest absolute Gasteiger partial charge is 0.209 e. The van der Waals surface area contributed by atoms with Crippen molar-refractivity contribution in [3.05, 3.63) is 59.7 Å². The molecule has 3 aromatic rings. The molecule has 23 heavy (non-hydrogen) atoms. The summed E-state index contributed by atoms with van der Waals surface area (Å²) in [5, 5.41) is 16.9. The first kappa shape index (κ1) is 15.1. The van der Waals surface area contributed by atoms with E-state index in [9.17, 15) is 0 Å². The number of benzene rings is 2. The molecule has 0 fully saturated rings. The van der Waals surface area contributed by atoms with E-state index < -0.39 is 0 Å². The molecule has 0 aliphatic heterocycles. The number of aromatic nitrogens is 3. The summed E-state index contributed by atoms with van der Waals surface area (Å²) >= 11 is 1.49. The van der Waals surface area contributed by atoms with Crippen LogP contribution in [0.4, 0.5) is 0 Å². The minimum atomic E-state index is 0.638. The SMILES string of the molecule is COc1ccccc1-c1nc(SCc2ccccc2C#N)n[nH]1. The molecule has 0 spiro atoms. The highest BCUT2D eigenvalue weighted by molar-refractivity contribution is 7.98. The fourth-order valence-corrected chi connectivity index (χ4v) is 2.97. The first-order valence-corrected chi connectivity index (χ1v) is 7.97. The number of ether oxygens (including phenoxy) is 1. The fraction of sp³-hybridized carbons (Fsp3) is 0.118. The van der Waals surface area contributed by atoms with Crippen molar-refractivity contribution >= 4 is 11.8 Å². The standard InChI is InChI=1S/C17H14N4OS/c1-22-15-9-5-4-8-14(15)16-19-17(21-20-16)23-11-13-7-3-2-6-12(13)10-18/h2-9H,11H2,1H3,(H,19,20,21). The quantitative estimate of drug-likeness (QED) is 0.726. The second kappa shape index (κ2) is 6.99. The predicted molar refractivity (Wildman–Crippen MR) is 89.1 cm³/mol. The van der Waals surface area contributed by atoms with Crippen LogP contribution in [0.15, 0.2) is 53.7 Å². The Labute approximate surface area is 138 Å². The van der Waals surface area contributed by atoms with Gasteiger partial charge in [0.15, 0.2) is 5.82 Å². The second-order valence-corrected chi connectivity index (χ2v) is 5.67. The summed E-state index contributed by atoms with van der Waals surface area (Å²) in [5.74, 6) is 2.06. The molecule has 6 heteroatoms. The number of nitrogens with zero attached hydrogens (tertiary/aromatic N) is 3. The lowest BCUT2D eigenvalue weighted by Gasteiger charge is -2.04. The molecule has 0 saturated carbocycles. The van der Waals surface area contributed by atoms with E-state index in [4.69, 9.17) is 10.00 Å². The van der Waals surface area contributed by atoms with E-state index in [-0.39, 0.29) is 0 Å². The van der Waals surface area contributed by atoms with Crippen molar-refractivity contribution in [1.29, 1.82) is 5.26 Å². The number of hydrogen-bond donors (Lipinski definition) is 1. The van der Waals surface area contributed by atoms with Gasteiger partial charge in [-0.2, -0.15) is 5.26 Å². The van der Waals surface area contributed by atoms with Crippen LogP contribution in [0.1, 0.15) is 11.1 Å². The molecule has 5 nitrogen and oxygen atoms in total. The monoisotopic (exact) mass is 322 g/mol. The lowest BCUT2D eigenvalue weighted by atomic mass is 10.1. The molecule has 1 N–H and O–H groups in total. The number of nitriles is 1. The van der Waals surface area contributed by atoms with Crippen LogP contribution in [0.25, 0.3) is 11.4 Å². The molecule has 3 rings (SSSR count). The summed E-state index contributed by atoms with van der Waals surface area (Å²) in [7, 11) is 1.63. The van der Waals surface area contributed by atoms with E-state index >= 15 is 0 Å². The van der Waals surface area contributed by atoms with E-state index in [0.717, 1.165) is 16.9 Å². The molecule has 114 valence electrons. The maximum Gasteiger partial charge on any atom is 0.209 e. The molecular weight excluding hydrogens is 308 g/mol. The number of methoxy groups -OCH3 is 1. The number of hydrogen-bond acceptors (Lipinski definition) is 5. The molecule has 0 bridgehead atoms. The van der Waals surface area contributed by atoms with Crippen molar-refractivity contribution in [3.8, 4) is 23.2 Å². The molecule has 0 saturated heterocycles. The van der Waals surface area contributed by atoms with E-state index in [2.05, 4.69) is 21.3 Å². The van der Waals surface area contributed by atoms with Gasteiger partial charge >= 0.3 is 0 Å². The van der Waals surface area contributed by atoms with Gasteiger partial charge in [0.05, 0.1) is 24.3 Å². The summed E-state index contributed by atoms with van der Waals surface area (Å²) in [5.41, 5.74) is 2.52. The topological polar surface area (TPSA) is 74.6 Å². The molecule has 0 aliphatic rings. The van der Waals surface area contributed by atoms with E-state index in [0.29, 0.717) is 22.3 Å². The van der Waals surface area contributed by atoms with Gasteiger partial charge in [-0.05, 0) is 23.8 Å². The predicted octanol–water partition coefficient (Wildman–Crippen LogP) is 3.64. The Bertz CT molecular complexity index is 854. The van der Waals surface area contributed by atoms with Crippen LogP contribution >= 0.6 is 11.8 Å². The van der Waals surface area contributed by atoms with Gasteiger partial charge in [0.25, 0.3) is 0 Å². The highest BCUT2D eigenvalue weighted by atomic mass is 32.2. The van der Waals surface area contributed by atoms with Gasteiger partial charge in [-0.1, -0.05) is 42.1 Å². The van der Waals surface area contributed by atoms with Crippen LogP contribution in [0.5, 0.6) is 5.75 Å². The number of para-hydroxylation sites is 1. The molecule has 2 aromatic carbocycles. The molecule has 0 amide bonds. The zero-order valence-corrected chi connectivity index (χ0v) is 13.3. The third-order valence-electron chi connectivity index (χ3n) is 3.32. The van der Waals surface area contributed by atoms with Crippen LogP contribution in [0, 0.1) is 11.3 Å². The minimum Gasteiger partial charge on any atom is -0.496 e. The van der Waals surface area contributed by atoms with E-state index in [1.165, 1.54) is 11.8 Å². The first-order valence-electron chi connectivity index (χ1n) is 6.98. The number of aromatic amines is 1. The Balaban J connectivity index is 1.77. The molecule has 0 unspecified atom stereocenters. The molecule has 0 radical (unpaired) electrons. The Hall–Kier alpha value is -2.78. The van der Waals surface area contributed by atoms with Gasteiger partial charge in [-0.15, -0.1) is 5.10 Å². The third kappa shape index (κ3) is 3.35. The number of H-pyrrole nitrogens is 1. The zero-order valence-electron chi connectivity index (χ0n) is 12.5. The molecule has 0 atom stereocenters. The summed E-state index contributed by atoms with van der Waals surface area (Å²) in [6.45, 7) is 0. The highest BCUT2D eigenvalue weighted by Crippen LogP contribution is 2.29. The van der Waals surface area contributed by atoms with E-state index in [1.54, 1.807) is 7.11 Å². The van der Waals surface area contributed by atoms with Gasteiger partial charge < -0.3 is 4.74 Å². The van der Waals surface area contributed by atoms with Gasteiger partial charge in [0, 0.05) is 5.75 Å². The zero-order chi connectivity index (χ0) is 16.1. The van der Waals surface area contributed by atoms with Crippen LogP contribution in [0.3, 0.4) is 0 Å². The molecule has 1 aromatic heterocycles. The summed E-state index contributed by atoms with van der Waals surface area (Å²) < 4.78 is 5.34. The van der Waals surface area contributed by atoms with Gasteiger partial charge in [0.1, 0.15) is 5.75 Å². The summed E-state index contributed by atoms with van der Waals surface area (Å²) in [6.07, 6.45) is 0. The Morgan fingerprint density at radius 3 is 2.78 bits per heavy atom. The number of nitrogens with one attached hydrogen (secondary N) is 1. The molecule has 1 heterocycles. The lowest BCUT2D eigenvalue weighted by Crippen LogP contribution is -1.89. The molecular formula is C17H14N4OS. The van der Waals surface area contributed by atoms with Crippen LogP contribution < -0.4 is 4.74 Å². The highest BCUT2D eigenvalue weighted by Gasteiger charge is 2.11. The van der Waals surface area contributed by atoms with Crippen LogP contribution in [0.2, 0.25) is 0 Å². The van der Waals surface area contributed by atoms with Crippen molar-refractivity contribution in [2.45, 2.75) is 10.9 Å². The second-order valence-electron chi connectivity index (χ2n) is 4.72. The van der Waals surface area contributed by atoms with Gasteiger partial charge in [-0.25, -0.2) is 4.98 Å². The van der Waals surface area contributed by atoms with Crippen molar-refractivity contribution in [2.24, 2.45) is 0 Å². The van der Waals surface area contributed by atoms with Crippen molar-refractivity contribution in [3.63, 3.8) is 0 Å². The maximum atomic E-state index is 9.12. The number of rotatable bonds is 5. The lowest BCUT2D eigenvalue weighted by molar-refractivity contribution is 0.416. The third-order valence-corrected chi connectivity index (χ3v) is 4.22. The van der Waals surface area contributed by atoms with Crippen molar-refractivity contribution in [1.82, 2.24) is 15.2 Å². The Kier molecular flexibility index (Phi) is 4.60. The Morgan fingerprint density at radius 2 is 1.96 bits per heavy atom. The fourth-order valence-electron chi connectivity index (χ4n) is 2.17.